The predicted molar refractivity (Wildman–Crippen MR) is 85.4 cm³/mol. The fourth-order valence-corrected chi connectivity index (χ4v) is 2.29. The summed E-state index contributed by atoms with van der Waals surface area (Å²) in [7, 11) is 1.64. The highest BCUT2D eigenvalue weighted by atomic mass is 35.5. The van der Waals surface area contributed by atoms with Crippen LogP contribution in [-0.2, 0) is 6.54 Å². The van der Waals surface area contributed by atoms with Crippen LogP contribution in [0, 0.1) is 0 Å². The summed E-state index contributed by atoms with van der Waals surface area (Å²) in [5.74, 6) is 0.704. The van der Waals surface area contributed by atoms with Crippen LogP contribution >= 0.6 is 11.6 Å². The Morgan fingerprint density at radius 2 is 1.90 bits per heavy atom. The Bertz CT molecular complexity index is 581. The minimum atomic E-state index is 0.461. The number of ether oxygens (including phenoxy) is 1. The van der Waals surface area contributed by atoms with Crippen molar-refractivity contribution in [3.05, 3.63) is 53.1 Å². The van der Waals surface area contributed by atoms with Gasteiger partial charge in [-0.1, -0.05) is 55.8 Å². The summed E-state index contributed by atoms with van der Waals surface area (Å²) in [6, 6.07) is 14.7. The van der Waals surface area contributed by atoms with E-state index in [1.165, 1.54) is 11.1 Å². The molecule has 0 aliphatic carbocycles. The summed E-state index contributed by atoms with van der Waals surface area (Å²) in [6.45, 7) is 5.14. The molecule has 2 rings (SSSR count). The molecule has 0 aliphatic heterocycles. The molecule has 0 saturated carbocycles. The summed E-state index contributed by atoms with van der Waals surface area (Å²) in [6.07, 6.45) is 0. The summed E-state index contributed by atoms with van der Waals surface area (Å²) in [5, 5.41) is 4.09. The molecule has 0 unspecified atom stereocenters. The molecule has 2 aromatic rings. The van der Waals surface area contributed by atoms with Crippen molar-refractivity contribution >= 4 is 11.6 Å². The van der Waals surface area contributed by atoms with E-state index in [-0.39, 0.29) is 0 Å². The van der Waals surface area contributed by atoms with E-state index in [0.29, 0.717) is 16.8 Å². The molecule has 0 bridgehead atoms. The van der Waals surface area contributed by atoms with Gasteiger partial charge < -0.3 is 10.1 Å². The fraction of sp³-hybridized carbons (Fsp3) is 0.294. The highest BCUT2D eigenvalue weighted by Crippen LogP contribution is 2.32. The zero-order valence-corrected chi connectivity index (χ0v) is 12.9. The van der Waals surface area contributed by atoms with Crippen molar-refractivity contribution in [1.82, 2.24) is 5.32 Å². The van der Waals surface area contributed by atoms with Crippen LogP contribution in [0.1, 0.15) is 19.4 Å². The Balaban J connectivity index is 2.37. The van der Waals surface area contributed by atoms with Crippen molar-refractivity contribution in [3.8, 4) is 16.9 Å². The second kappa shape index (κ2) is 6.78. The van der Waals surface area contributed by atoms with Crippen molar-refractivity contribution in [2.45, 2.75) is 26.4 Å². The maximum Gasteiger partial charge on any atom is 0.138 e. The Kier molecular flexibility index (Phi) is 5.05. The first-order valence-corrected chi connectivity index (χ1v) is 7.15. The van der Waals surface area contributed by atoms with E-state index in [0.717, 1.165) is 12.1 Å². The lowest BCUT2D eigenvalue weighted by atomic mass is 9.99. The maximum absolute atomic E-state index is 6.09. The molecule has 0 aromatic heterocycles. The van der Waals surface area contributed by atoms with Crippen molar-refractivity contribution in [1.29, 1.82) is 0 Å². The number of hydrogen-bond acceptors (Lipinski definition) is 2. The molecule has 2 nitrogen and oxygen atoms in total. The topological polar surface area (TPSA) is 21.3 Å². The molecule has 0 saturated heterocycles. The largest absolute Gasteiger partial charge is 0.495 e. The first-order chi connectivity index (χ1) is 9.61. The molecule has 0 fully saturated rings. The summed E-state index contributed by atoms with van der Waals surface area (Å²) >= 11 is 6.09. The monoisotopic (exact) mass is 289 g/mol. The van der Waals surface area contributed by atoms with Gasteiger partial charge in [0.15, 0.2) is 0 Å². The molecule has 0 atom stereocenters. The molecular formula is C17H20ClNO. The molecule has 0 amide bonds. The first kappa shape index (κ1) is 14.9. The van der Waals surface area contributed by atoms with Crippen LogP contribution in [0.5, 0.6) is 5.75 Å². The van der Waals surface area contributed by atoms with E-state index in [1.807, 2.05) is 18.2 Å². The number of nitrogens with one attached hydrogen (secondary N) is 1. The quantitative estimate of drug-likeness (QED) is 0.874. The first-order valence-electron chi connectivity index (χ1n) is 6.77. The lowest BCUT2D eigenvalue weighted by molar-refractivity contribution is 0.415. The molecule has 0 heterocycles. The Morgan fingerprint density at radius 1 is 1.15 bits per heavy atom. The minimum Gasteiger partial charge on any atom is -0.495 e. The van der Waals surface area contributed by atoms with Gasteiger partial charge in [-0.15, -0.1) is 0 Å². The normalized spacial score (nSPS) is 10.8. The number of benzene rings is 2. The van der Waals surface area contributed by atoms with Crippen LogP contribution in [0.15, 0.2) is 42.5 Å². The molecule has 20 heavy (non-hydrogen) atoms. The lowest BCUT2D eigenvalue weighted by Crippen LogP contribution is -2.22. The predicted octanol–water partition coefficient (Wildman–Crippen LogP) is 4.51. The Morgan fingerprint density at radius 3 is 2.60 bits per heavy atom. The number of halogens is 1. The van der Waals surface area contributed by atoms with Gasteiger partial charge in [0.2, 0.25) is 0 Å². The zero-order valence-electron chi connectivity index (χ0n) is 12.1. The van der Waals surface area contributed by atoms with E-state index in [4.69, 9.17) is 16.3 Å². The van der Waals surface area contributed by atoms with Gasteiger partial charge in [0.05, 0.1) is 12.1 Å². The smallest absolute Gasteiger partial charge is 0.138 e. The molecule has 0 spiro atoms. The molecule has 106 valence electrons. The van der Waals surface area contributed by atoms with Gasteiger partial charge in [0.1, 0.15) is 5.75 Å². The van der Waals surface area contributed by atoms with Crippen LogP contribution < -0.4 is 10.1 Å². The second-order valence-electron chi connectivity index (χ2n) is 5.04. The fourth-order valence-electron chi connectivity index (χ4n) is 2.10. The second-order valence-corrected chi connectivity index (χ2v) is 5.45. The minimum absolute atomic E-state index is 0.461. The van der Waals surface area contributed by atoms with E-state index in [9.17, 15) is 0 Å². The SMILES string of the molecule is COc1cc(-c2ccccc2CNC(C)C)ccc1Cl. The summed E-state index contributed by atoms with van der Waals surface area (Å²) in [4.78, 5) is 0. The number of hydrogen-bond donors (Lipinski definition) is 1. The van der Waals surface area contributed by atoms with Gasteiger partial charge in [0.25, 0.3) is 0 Å². The molecule has 2 aromatic carbocycles. The van der Waals surface area contributed by atoms with E-state index >= 15 is 0 Å². The molecule has 0 aliphatic rings. The van der Waals surface area contributed by atoms with Gasteiger partial charge in [-0.3, -0.25) is 0 Å². The van der Waals surface area contributed by atoms with Crippen molar-refractivity contribution in [2.24, 2.45) is 0 Å². The molecule has 3 heteroatoms. The van der Waals surface area contributed by atoms with Crippen LogP contribution in [0.25, 0.3) is 11.1 Å². The standard InChI is InChI=1S/C17H20ClNO/c1-12(2)19-11-14-6-4-5-7-15(14)13-8-9-16(18)17(10-13)20-3/h4-10,12,19H,11H2,1-3H3. The third-order valence-electron chi connectivity index (χ3n) is 3.18. The Labute approximate surface area is 125 Å². The van der Waals surface area contributed by atoms with Crippen LogP contribution in [0.3, 0.4) is 0 Å². The molecule has 1 N–H and O–H groups in total. The zero-order chi connectivity index (χ0) is 14.5. The Hall–Kier alpha value is -1.51. The van der Waals surface area contributed by atoms with Gasteiger partial charge in [-0.2, -0.15) is 0 Å². The van der Waals surface area contributed by atoms with Crippen LogP contribution in [-0.4, -0.2) is 13.2 Å². The van der Waals surface area contributed by atoms with Gasteiger partial charge in [-0.25, -0.2) is 0 Å². The van der Waals surface area contributed by atoms with Gasteiger partial charge in [0, 0.05) is 12.6 Å². The molecule has 0 radical (unpaired) electrons. The number of methoxy groups -OCH3 is 1. The van der Waals surface area contributed by atoms with Gasteiger partial charge in [-0.05, 0) is 28.8 Å². The maximum atomic E-state index is 6.09. The van der Waals surface area contributed by atoms with Crippen LogP contribution in [0.4, 0.5) is 0 Å². The van der Waals surface area contributed by atoms with Gasteiger partial charge >= 0.3 is 0 Å². The third kappa shape index (κ3) is 3.53. The summed E-state index contributed by atoms with van der Waals surface area (Å²) < 4.78 is 5.30. The third-order valence-corrected chi connectivity index (χ3v) is 3.49. The molecular weight excluding hydrogens is 270 g/mol. The highest BCUT2D eigenvalue weighted by molar-refractivity contribution is 6.32. The summed E-state index contributed by atoms with van der Waals surface area (Å²) in [5.41, 5.74) is 3.59. The van der Waals surface area contributed by atoms with E-state index < -0.39 is 0 Å². The average molecular weight is 290 g/mol. The van der Waals surface area contributed by atoms with Crippen molar-refractivity contribution in [3.63, 3.8) is 0 Å². The van der Waals surface area contributed by atoms with Crippen molar-refractivity contribution < 1.29 is 4.74 Å². The van der Waals surface area contributed by atoms with Crippen molar-refractivity contribution in [2.75, 3.05) is 7.11 Å². The van der Waals surface area contributed by atoms with E-state index in [2.05, 4.69) is 43.4 Å². The highest BCUT2D eigenvalue weighted by Gasteiger charge is 2.08. The lowest BCUT2D eigenvalue weighted by Gasteiger charge is -2.14. The average Bonchev–Trinajstić information content (AvgIpc) is 2.46. The number of rotatable bonds is 5. The van der Waals surface area contributed by atoms with E-state index in [1.54, 1.807) is 7.11 Å². The van der Waals surface area contributed by atoms with Crippen LogP contribution in [0.2, 0.25) is 5.02 Å².